The van der Waals surface area contributed by atoms with Gasteiger partial charge >= 0.3 is 0 Å². The molecular weight excluding hydrogens is 212 g/mol. The molecule has 3 N–H and O–H groups in total. The predicted octanol–water partition coefficient (Wildman–Crippen LogP) is 2.56. The second kappa shape index (κ2) is 5.92. The van der Waals surface area contributed by atoms with Gasteiger partial charge in [0.1, 0.15) is 5.75 Å². The smallest absolute Gasteiger partial charge is 0.119 e. The predicted molar refractivity (Wildman–Crippen MR) is 71.1 cm³/mol. The van der Waals surface area contributed by atoms with E-state index in [0.29, 0.717) is 0 Å². The largest absolute Gasteiger partial charge is 0.497 e. The summed E-state index contributed by atoms with van der Waals surface area (Å²) < 4.78 is 5.19. The minimum atomic E-state index is 0.827. The fraction of sp³-hybridized carbons (Fsp3) is 0.571. The average Bonchev–Trinajstić information content (AvgIpc) is 3.15. The van der Waals surface area contributed by atoms with Crippen molar-refractivity contribution in [1.29, 1.82) is 0 Å². The minimum Gasteiger partial charge on any atom is -0.497 e. The second-order valence-corrected chi connectivity index (χ2v) is 4.83. The first-order valence-electron chi connectivity index (χ1n) is 6.42. The molecule has 3 nitrogen and oxygen atoms in total. The lowest BCUT2D eigenvalue weighted by Crippen LogP contribution is -2.15. The Morgan fingerprint density at radius 2 is 2.24 bits per heavy atom. The van der Waals surface area contributed by atoms with Gasteiger partial charge in [0.15, 0.2) is 0 Å². The zero-order chi connectivity index (χ0) is 12.1. The van der Waals surface area contributed by atoms with E-state index in [4.69, 9.17) is 10.5 Å². The van der Waals surface area contributed by atoms with Gasteiger partial charge in [0.25, 0.3) is 0 Å². The fourth-order valence-electron chi connectivity index (χ4n) is 2.01. The van der Waals surface area contributed by atoms with Gasteiger partial charge in [-0.15, -0.1) is 0 Å². The molecule has 1 fully saturated rings. The molecule has 0 amide bonds. The Balaban J connectivity index is 1.72. The standard InChI is InChI=1S/C14H22N2O/c1-17-13-6-7-14(15)12(9-13)10-16-8-2-3-11-4-5-11/h6-7,9,11,16H,2-5,8,10,15H2,1H3. The Bertz CT molecular complexity index is 361. The molecule has 0 aromatic heterocycles. The molecule has 1 aromatic rings. The molecule has 1 aliphatic rings. The van der Waals surface area contributed by atoms with Crippen LogP contribution in [0.15, 0.2) is 18.2 Å². The third kappa shape index (κ3) is 3.93. The highest BCUT2D eigenvalue weighted by atomic mass is 16.5. The number of nitrogens with two attached hydrogens (primary N) is 1. The molecule has 2 rings (SSSR count). The molecule has 17 heavy (non-hydrogen) atoms. The van der Waals surface area contributed by atoms with Crippen LogP contribution in [0.5, 0.6) is 5.75 Å². The summed E-state index contributed by atoms with van der Waals surface area (Å²) >= 11 is 0. The summed E-state index contributed by atoms with van der Waals surface area (Å²) in [6.07, 6.45) is 5.54. The lowest BCUT2D eigenvalue weighted by molar-refractivity contribution is 0.414. The van der Waals surface area contributed by atoms with Crippen molar-refractivity contribution in [3.8, 4) is 5.75 Å². The van der Waals surface area contributed by atoms with Crippen molar-refractivity contribution in [3.05, 3.63) is 23.8 Å². The first kappa shape index (κ1) is 12.2. The van der Waals surface area contributed by atoms with E-state index in [1.165, 1.54) is 25.7 Å². The summed E-state index contributed by atoms with van der Waals surface area (Å²) in [5.41, 5.74) is 7.88. The van der Waals surface area contributed by atoms with E-state index in [9.17, 15) is 0 Å². The number of nitrogen functional groups attached to an aromatic ring is 1. The molecule has 0 saturated heterocycles. The molecule has 0 atom stereocenters. The number of ether oxygens (including phenoxy) is 1. The van der Waals surface area contributed by atoms with E-state index in [1.54, 1.807) is 7.11 Å². The number of anilines is 1. The molecule has 1 saturated carbocycles. The topological polar surface area (TPSA) is 47.3 Å². The SMILES string of the molecule is COc1ccc(N)c(CNCCCC2CC2)c1. The Labute approximate surface area is 103 Å². The maximum atomic E-state index is 5.92. The Morgan fingerprint density at radius 3 is 2.94 bits per heavy atom. The number of benzene rings is 1. The van der Waals surface area contributed by atoms with Crippen LogP contribution >= 0.6 is 0 Å². The number of nitrogens with one attached hydrogen (secondary N) is 1. The van der Waals surface area contributed by atoms with Crippen LogP contribution in [-0.2, 0) is 6.54 Å². The highest BCUT2D eigenvalue weighted by Crippen LogP contribution is 2.33. The lowest BCUT2D eigenvalue weighted by Gasteiger charge is -2.09. The van der Waals surface area contributed by atoms with Gasteiger partial charge < -0.3 is 15.8 Å². The quantitative estimate of drug-likeness (QED) is 0.563. The van der Waals surface area contributed by atoms with Gasteiger partial charge in [0, 0.05) is 12.2 Å². The fourth-order valence-corrected chi connectivity index (χ4v) is 2.01. The van der Waals surface area contributed by atoms with Crippen LogP contribution < -0.4 is 15.8 Å². The Kier molecular flexibility index (Phi) is 4.26. The summed E-state index contributed by atoms with van der Waals surface area (Å²) in [6.45, 7) is 1.90. The summed E-state index contributed by atoms with van der Waals surface area (Å²) in [5.74, 6) is 1.90. The van der Waals surface area contributed by atoms with Gasteiger partial charge in [-0.25, -0.2) is 0 Å². The van der Waals surface area contributed by atoms with Crippen LogP contribution in [0.25, 0.3) is 0 Å². The summed E-state index contributed by atoms with van der Waals surface area (Å²) in [5, 5.41) is 3.44. The maximum absolute atomic E-state index is 5.92. The summed E-state index contributed by atoms with van der Waals surface area (Å²) in [4.78, 5) is 0. The van der Waals surface area contributed by atoms with Crippen LogP contribution in [0.2, 0.25) is 0 Å². The van der Waals surface area contributed by atoms with Crippen LogP contribution in [0.3, 0.4) is 0 Å². The van der Waals surface area contributed by atoms with Crippen LogP contribution in [0, 0.1) is 5.92 Å². The molecule has 0 unspecified atom stereocenters. The van der Waals surface area contributed by atoms with Gasteiger partial charge in [-0.2, -0.15) is 0 Å². The number of rotatable bonds is 7. The molecule has 94 valence electrons. The third-order valence-electron chi connectivity index (χ3n) is 3.33. The van der Waals surface area contributed by atoms with E-state index in [0.717, 1.165) is 36.0 Å². The maximum Gasteiger partial charge on any atom is 0.119 e. The molecule has 3 heteroatoms. The van der Waals surface area contributed by atoms with Gasteiger partial charge in [0.05, 0.1) is 7.11 Å². The molecule has 0 spiro atoms. The number of hydrogen-bond donors (Lipinski definition) is 2. The molecule has 0 heterocycles. The first-order chi connectivity index (χ1) is 8.29. The monoisotopic (exact) mass is 234 g/mol. The van der Waals surface area contributed by atoms with Gasteiger partial charge in [-0.3, -0.25) is 0 Å². The normalized spacial score (nSPS) is 14.9. The van der Waals surface area contributed by atoms with Gasteiger partial charge in [-0.05, 0) is 49.1 Å². The van der Waals surface area contributed by atoms with Crippen molar-refractivity contribution in [2.75, 3.05) is 19.4 Å². The zero-order valence-corrected chi connectivity index (χ0v) is 10.5. The molecular formula is C14H22N2O. The van der Waals surface area contributed by atoms with Gasteiger partial charge in [-0.1, -0.05) is 12.8 Å². The van der Waals surface area contributed by atoms with Crippen molar-refractivity contribution in [2.24, 2.45) is 5.92 Å². The Hall–Kier alpha value is -1.22. The molecule has 0 bridgehead atoms. The number of methoxy groups -OCH3 is 1. The molecule has 1 aromatic carbocycles. The van der Waals surface area contributed by atoms with Crippen molar-refractivity contribution >= 4 is 5.69 Å². The minimum absolute atomic E-state index is 0.827. The van der Waals surface area contributed by atoms with E-state index in [2.05, 4.69) is 5.32 Å². The first-order valence-corrected chi connectivity index (χ1v) is 6.42. The molecule has 0 radical (unpaired) electrons. The Morgan fingerprint density at radius 1 is 1.41 bits per heavy atom. The average molecular weight is 234 g/mol. The van der Waals surface area contributed by atoms with Gasteiger partial charge in [0.2, 0.25) is 0 Å². The lowest BCUT2D eigenvalue weighted by atomic mass is 10.1. The van der Waals surface area contributed by atoms with Crippen molar-refractivity contribution in [1.82, 2.24) is 5.32 Å². The van der Waals surface area contributed by atoms with E-state index in [-0.39, 0.29) is 0 Å². The van der Waals surface area contributed by atoms with Crippen molar-refractivity contribution in [2.45, 2.75) is 32.2 Å². The second-order valence-electron chi connectivity index (χ2n) is 4.83. The van der Waals surface area contributed by atoms with Crippen LogP contribution in [-0.4, -0.2) is 13.7 Å². The molecule has 0 aliphatic heterocycles. The van der Waals surface area contributed by atoms with Crippen molar-refractivity contribution < 1.29 is 4.74 Å². The summed E-state index contributed by atoms with van der Waals surface area (Å²) in [6, 6.07) is 5.80. The van der Waals surface area contributed by atoms with Crippen LogP contribution in [0.1, 0.15) is 31.2 Å². The number of hydrogen-bond acceptors (Lipinski definition) is 3. The van der Waals surface area contributed by atoms with Crippen molar-refractivity contribution in [3.63, 3.8) is 0 Å². The highest BCUT2D eigenvalue weighted by molar-refractivity contribution is 5.50. The third-order valence-corrected chi connectivity index (χ3v) is 3.33. The zero-order valence-electron chi connectivity index (χ0n) is 10.5. The van der Waals surface area contributed by atoms with E-state index >= 15 is 0 Å². The van der Waals surface area contributed by atoms with Crippen LogP contribution in [0.4, 0.5) is 5.69 Å². The molecule has 1 aliphatic carbocycles. The summed E-state index contributed by atoms with van der Waals surface area (Å²) in [7, 11) is 1.68. The van der Waals surface area contributed by atoms with E-state index < -0.39 is 0 Å². The van der Waals surface area contributed by atoms with E-state index in [1.807, 2.05) is 18.2 Å². The highest BCUT2D eigenvalue weighted by Gasteiger charge is 2.19.